The minimum Gasteiger partial charge on any atom is -0.480 e. The molecule has 0 saturated heterocycles. The van der Waals surface area contributed by atoms with E-state index in [2.05, 4.69) is 10.6 Å². The lowest BCUT2D eigenvalue weighted by atomic mass is 10.2. The van der Waals surface area contributed by atoms with Crippen molar-refractivity contribution in [1.82, 2.24) is 10.6 Å². The first-order valence-electron chi connectivity index (χ1n) is 4.99. The fourth-order valence-electron chi connectivity index (χ4n) is 0.869. The Kier molecular flexibility index (Phi) is 6.15. The van der Waals surface area contributed by atoms with Crippen LogP contribution in [0.4, 0.5) is 0 Å². The van der Waals surface area contributed by atoms with Crippen molar-refractivity contribution >= 4 is 17.8 Å². The molecule has 0 heterocycles. The average Bonchev–Trinajstić information content (AvgIpc) is 2.27. The summed E-state index contributed by atoms with van der Waals surface area (Å²) in [5.41, 5.74) is 5.23. The van der Waals surface area contributed by atoms with E-state index in [9.17, 15) is 14.4 Å². The highest BCUT2D eigenvalue weighted by atomic mass is 16.4. The first-order chi connectivity index (χ1) is 7.79. The van der Waals surface area contributed by atoms with E-state index < -0.39 is 42.5 Å². The van der Waals surface area contributed by atoms with Gasteiger partial charge in [-0.3, -0.25) is 14.4 Å². The molecule has 0 fully saturated rings. The van der Waals surface area contributed by atoms with Crippen molar-refractivity contribution in [3.8, 4) is 0 Å². The molecule has 0 unspecified atom stereocenters. The highest BCUT2D eigenvalue weighted by Gasteiger charge is 2.22. The highest BCUT2D eigenvalue weighted by molar-refractivity contribution is 5.91. The van der Waals surface area contributed by atoms with E-state index in [4.69, 9.17) is 15.9 Å². The number of nitrogens with one attached hydrogen (secondary N) is 2. The maximum Gasteiger partial charge on any atom is 0.325 e. The maximum absolute atomic E-state index is 11.4. The van der Waals surface area contributed by atoms with Gasteiger partial charge in [0.05, 0.1) is 6.61 Å². The predicted octanol–water partition coefficient (Wildman–Crippen LogP) is -2.60. The van der Waals surface area contributed by atoms with Crippen molar-refractivity contribution in [2.24, 2.45) is 5.73 Å². The fraction of sp³-hybridized carbons (Fsp3) is 0.667. The lowest BCUT2D eigenvalue weighted by Gasteiger charge is -2.17. The second-order valence-corrected chi connectivity index (χ2v) is 3.59. The fourth-order valence-corrected chi connectivity index (χ4v) is 0.869. The molecule has 0 radical (unpaired) electrons. The number of amides is 2. The summed E-state index contributed by atoms with van der Waals surface area (Å²) < 4.78 is 0. The Morgan fingerprint density at radius 1 is 1.12 bits per heavy atom. The van der Waals surface area contributed by atoms with E-state index in [1.54, 1.807) is 0 Å². The average molecular weight is 247 g/mol. The molecule has 0 saturated carbocycles. The number of nitrogens with two attached hydrogens (primary N) is 1. The zero-order valence-corrected chi connectivity index (χ0v) is 9.64. The van der Waals surface area contributed by atoms with Gasteiger partial charge in [-0.1, -0.05) is 0 Å². The van der Waals surface area contributed by atoms with Crippen LogP contribution in [0.25, 0.3) is 0 Å². The van der Waals surface area contributed by atoms with Crippen molar-refractivity contribution < 1.29 is 24.6 Å². The molecule has 0 aliphatic heterocycles. The minimum atomic E-state index is -1.18. The van der Waals surface area contributed by atoms with Crippen molar-refractivity contribution in [2.75, 3.05) is 6.61 Å². The number of carbonyl (C=O) groups is 3. The molecule has 0 aliphatic rings. The van der Waals surface area contributed by atoms with Crippen molar-refractivity contribution in [2.45, 2.75) is 32.0 Å². The third-order valence-corrected chi connectivity index (χ3v) is 2.01. The Bertz CT molecular complexity index is 307. The summed E-state index contributed by atoms with van der Waals surface area (Å²) in [7, 11) is 0. The summed E-state index contributed by atoms with van der Waals surface area (Å²) in [5.74, 6) is -2.50. The van der Waals surface area contributed by atoms with Gasteiger partial charge in [0, 0.05) is 0 Å². The van der Waals surface area contributed by atoms with E-state index in [0.29, 0.717) is 0 Å². The second-order valence-electron chi connectivity index (χ2n) is 3.59. The molecule has 0 aliphatic carbocycles. The molecular weight excluding hydrogens is 230 g/mol. The zero-order chi connectivity index (χ0) is 13.6. The number of hydrogen-bond acceptors (Lipinski definition) is 5. The normalized spacial score (nSPS) is 15.5. The van der Waals surface area contributed by atoms with Crippen LogP contribution in [0.15, 0.2) is 0 Å². The smallest absolute Gasteiger partial charge is 0.325 e. The molecule has 17 heavy (non-hydrogen) atoms. The van der Waals surface area contributed by atoms with Gasteiger partial charge < -0.3 is 26.6 Å². The summed E-state index contributed by atoms with van der Waals surface area (Å²) in [6, 6.07) is -3.09. The van der Waals surface area contributed by atoms with Crippen molar-refractivity contribution in [1.29, 1.82) is 0 Å². The first kappa shape index (κ1) is 15.3. The van der Waals surface area contributed by atoms with Gasteiger partial charge in [0.25, 0.3) is 0 Å². The molecule has 98 valence electrons. The van der Waals surface area contributed by atoms with E-state index in [1.165, 1.54) is 13.8 Å². The van der Waals surface area contributed by atoms with Crippen LogP contribution in [0.3, 0.4) is 0 Å². The number of carbonyl (C=O) groups excluding carboxylic acids is 2. The SMILES string of the molecule is C[C@H](NC(=O)[C@H](C)NC(=O)[C@@H](N)CO)C(=O)O. The number of carboxylic acids is 1. The Labute approximate surface area is 98.2 Å². The molecule has 8 nitrogen and oxygen atoms in total. The molecule has 2 amide bonds. The Hall–Kier alpha value is -1.67. The molecule has 0 aromatic rings. The summed E-state index contributed by atoms with van der Waals surface area (Å²) >= 11 is 0. The summed E-state index contributed by atoms with van der Waals surface area (Å²) in [6.07, 6.45) is 0. The summed E-state index contributed by atoms with van der Waals surface area (Å²) in [5, 5.41) is 21.6. The third kappa shape index (κ3) is 5.27. The predicted molar refractivity (Wildman–Crippen MR) is 57.9 cm³/mol. The zero-order valence-electron chi connectivity index (χ0n) is 9.64. The topological polar surface area (TPSA) is 142 Å². The molecule has 0 rings (SSSR count). The van der Waals surface area contributed by atoms with Gasteiger partial charge in [-0.15, -0.1) is 0 Å². The summed E-state index contributed by atoms with van der Waals surface area (Å²) in [4.78, 5) is 33.1. The second kappa shape index (κ2) is 6.81. The molecule has 3 atom stereocenters. The van der Waals surface area contributed by atoms with Gasteiger partial charge in [0.2, 0.25) is 11.8 Å². The Morgan fingerprint density at radius 3 is 2.00 bits per heavy atom. The van der Waals surface area contributed by atoms with E-state index in [1.807, 2.05) is 0 Å². The summed E-state index contributed by atoms with van der Waals surface area (Å²) in [6.45, 7) is 2.14. The van der Waals surface area contributed by atoms with Gasteiger partial charge in [-0.25, -0.2) is 0 Å². The molecule has 0 aromatic heterocycles. The lowest BCUT2D eigenvalue weighted by Crippen LogP contribution is -2.53. The number of carboxylic acid groups (broad SMARTS) is 1. The number of aliphatic carboxylic acids is 1. The van der Waals surface area contributed by atoms with Crippen molar-refractivity contribution in [3.05, 3.63) is 0 Å². The third-order valence-electron chi connectivity index (χ3n) is 2.01. The van der Waals surface area contributed by atoms with Crippen LogP contribution in [-0.2, 0) is 14.4 Å². The minimum absolute atomic E-state index is 0.536. The van der Waals surface area contributed by atoms with E-state index in [0.717, 1.165) is 0 Å². The molecule has 0 spiro atoms. The van der Waals surface area contributed by atoms with Crippen LogP contribution >= 0.6 is 0 Å². The van der Waals surface area contributed by atoms with Gasteiger partial charge in [0.1, 0.15) is 18.1 Å². The van der Waals surface area contributed by atoms with Gasteiger partial charge in [-0.05, 0) is 13.8 Å². The van der Waals surface area contributed by atoms with Crippen LogP contribution in [0.5, 0.6) is 0 Å². The van der Waals surface area contributed by atoms with E-state index >= 15 is 0 Å². The van der Waals surface area contributed by atoms with Crippen LogP contribution < -0.4 is 16.4 Å². The highest BCUT2D eigenvalue weighted by Crippen LogP contribution is 1.88. The largest absolute Gasteiger partial charge is 0.480 e. The standard InChI is InChI=1S/C9H17N3O5/c1-4(11-8(15)6(10)3-13)7(14)12-5(2)9(16)17/h4-6,13H,3,10H2,1-2H3,(H,11,15)(H,12,14)(H,16,17)/t4-,5-,6-/m0/s1. The van der Waals surface area contributed by atoms with Gasteiger partial charge in [0.15, 0.2) is 0 Å². The van der Waals surface area contributed by atoms with Gasteiger partial charge >= 0.3 is 5.97 Å². The number of aliphatic hydroxyl groups is 1. The lowest BCUT2D eigenvalue weighted by molar-refractivity contribution is -0.141. The van der Waals surface area contributed by atoms with Crippen LogP contribution in [0, 0.1) is 0 Å². The molecule has 8 heteroatoms. The molecular formula is C9H17N3O5. The molecule has 6 N–H and O–H groups in total. The van der Waals surface area contributed by atoms with E-state index in [-0.39, 0.29) is 0 Å². The van der Waals surface area contributed by atoms with Crippen molar-refractivity contribution in [3.63, 3.8) is 0 Å². The van der Waals surface area contributed by atoms with Gasteiger partial charge in [-0.2, -0.15) is 0 Å². The Balaban J connectivity index is 4.23. The maximum atomic E-state index is 11.4. The molecule has 0 aromatic carbocycles. The Morgan fingerprint density at radius 2 is 1.59 bits per heavy atom. The van der Waals surface area contributed by atoms with Crippen LogP contribution in [0.2, 0.25) is 0 Å². The van der Waals surface area contributed by atoms with Crippen LogP contribution in [0.1, 0.15) is 13.8 Å². The monoisotopic (exact) mass is 247 g/mol. The number of hydrogen-bond donors (Lipinski definition) is 5. The van der Waals surface area contributed by atoms with Crippen LogP contribution in [-0.4, -0.2) is 52.7 Å². The number of rotatable bonds is 6. The number of aliphatic hydroxyl groups excluding tert-OH is 1. The quantitative estimate of drug-likeness (QED) is 0.348. The first-order valence-corrected chi connectivity index (χ1v) is 4.99. The molecule has 0 bridgehead atoms.